The molecule has 0 aliphatic heterocycles. The molecular formula is C7H20N2O6S. The molecule has 16 heavy (non-hydrogen) atoms. The third kappa shape index (κ3) is 16.2. The van der Waals surface area contributed by atoms with Gasteiger partial charge in [-0.25, -0.2) is 0 Å². The van der Waals surface area contributed by atoms with Gasteiger partial charge in [0.25, 0.3) is 0 Å². The minimum absolute atomic E-state index is 0.102. The highest BCUT2D eigenvalue weighted by molar-refractivity contribution is 7.80. The monoisotopic (exact) mass is 260 g/mol. The van der Waals surface area contributed by atoms with Crippen LogP contribution in [0.2, 0.25) is 0 Å². The molecule has 2 atom stereocenters. The van der Waals surface area contributed by atoms with Crippen molar-refractivity contribution in [2.45, 2.75) is 38.1 Å². The first-order valence-corrected chi connectivity index (χ1v) is 5.74. The van der Waals surface area contributed by atoms with Gasteiger partial charge in [0.2, 0.25) is 0 Å². The molecule has 0 aliphatic rings. The van der Waals surface area contributed by atoms with Crippen LogP contribution in [0.3, 0.4) is 0 Å². The van der Waals surface area contributed by atoms with Gasteiger partial charge in [-0.1, -0.05) is 0 Å². The van der Waals surface area contributed by atoms with Crippen molar-refractivity contribution in [3.8, 4) is 0 Å². The van der Waals surface area contributed by atoms with E-state index in [1.54, 1.807) is 6.92 Å². The lowest BCUT2D eigenvalue weighted by atomic mass is 10.0. The highest BCUT2D eigenvalue weighted by Gasteiger charge is 2.21. The summed E-state index contributed by atoms with van der Waals surface area (Å²) in [5.41, 5.74) is 10.9. The van der Waals surface area contributed by atoms with E-state index in [2.05, 4.69) is 4.18 Å². The second-order valence-electron chi connectivity index (χ2n) is 3.54. The van der Waals surface area contributed by atoms with Crippen LogP contribution in [0.4, 0.5) is 0 Å². The quantitative estimate of drug-likeness (QED) is 0.292. The molecule has 0 radical (unpaired) electrons. The molecule has 0 amide bonds. The van der Waals surface area contributed by atoms with E-state index in [4.69, 9.17) is 26.2 Å². The molecule has 100 valence electrons. The molecule has 0 saturated carbocycles. The van der Waals surface area contributed by atoms with Gasteiger partial charge in [-0.15, -0.1) is 0 Å². The summed E-state index contributed by atoms with van der Waals surface area (Å²) in [7, 11) is -3.29. The van der Waals surface area contributed by atoms with Crippen molar-refractivity contribution in [2.75, 3.05) is 7.11 Å². The highest BCUT2D eigenvalue weighted by Crippen LogP contribution is 2.07. The fourth-order valence-electron chi connectivity index (χ4n) is 0.632. The average Bonchev–Trinajstić information content (AvgIpc) is 2.00. The van der Waals surface area contributed by atoms with Gasteiger partial charge in [-0.05, 0) is 13.8 Å². The van der Waals surface area contributed by atoms with E-state index >= 15 is 0 Å². The minimum Gasteiger partial charge on any atom is -0.366 e. The Bertz CT molecular complexity index is 271. The summed E-state index contributed by atoms with van der Waals surface area (Å²) < 4.78 is 29.7. The average molecular weight is 260 g/mol. The van der Waals surface area contributed by atoms with Crippen LogP contribution in [-0.4, -0.2) is 48.2 Å². The summed E-state index contributed by atoms with van der Waals surface area (Å²) in [4.78, 5) is 0. The standard InChI is InChI=1S/C6H16N2O2.CH4O4S/c1-4(7)5(8)3-6(2,9)10;1-5-6(2,3)4/h4-5,9-10H,3,7-8H2,1-2H3;1H3,(H,2,3,4). The van der Waals surface area contributed by atoms with Gasteiger partial charge in [-0.2, -0.15) is 8.42 Å². The molecular weight excluding hydrogens is 240 g/mol. The van der Waals surface area contributed by atoms with Crippen molar-refractivity contribution in [1.82, 2.24) is 0 Å². The molecule has 0 aliphatic carbocycles. The Morgan fingerprint density at radius 2 is 1.69 bits per heavy atom. The smallest absolute Gasteiger partial charge is 0.366 e. The first-order chi connectivity index (χ1) is 6.89. The van der Waals surface area contributed by atoms with Crippen molar-refractivity contribution in [1.29, 1.82) is 0 Å². The zero-order valence-electron chi connectivity index (χ0n) is 9.49. The van der Waals surface area contributed by atoms with Crippen LogP contribution in [0.15, 0.2) is 0 Å². The summed E-state index contributed by atoms with van der Waals surface area (Å²) in [6.45, 7) is 3.02. The van der Waals surface area contributed by atoms with Gasteiger partial charge >= 0.3 is 10.4 Å². The van der Waals surface area contributed by atoms with Gasteiger partial charge < -0.3 is 21.7 Å². The fourth-order valence-corrected chi connectivity index (χ4v) is 0.632. The summed E-state index contributed by atoms with van der Waals surface area (Å²) in [5.74, 6) is -1.70. The van der Waals surface area contributed by atoms with Gasteiger partial charge in [0.15, 0.2) is 5.79 Å². The lowest BCUT2D eigenvalue weighted by Crippen LogP contribution is -2.44. The maximum absolute atomic E-state index is 9.33. The number of aliphatic hydroxyl groups is 2. The van der Waals surface area contributed by atoms with Crippen LogP contribution in [0.5, 0.6) is 0 Å². The fraction of sp³-hybridized carbons (Fsp3) is 1.00. The molecule has 0 fully saturated rings. The molecule has 8 nitrogen and oxygen atoms in total. The second kappa shape index (κ2) is 7.12. The lowest BCUT2D eigenvalue weighted by molar-refractivity contribution is -0.153. The normalized spacial score (nSPS) is 16.0. The zero-order valence-corrected chi connectivity index (χ0v) is 10.3. The maximum atomic E-state index is 9.33. The third-order valence-electron chi connectivity index (χ3n) is 1.51. The van der Waals surface area contributed by atoms with Crippen molar-refractivity contribution in [3.05, 3.63) is 0 Å². The minimum atomic E-state index is -4.16. The third-order valence-corrected chi connectivity index (χ3v) is 1.93. The topological polar surface area (TPSA) is 156 Å². The van der Waals surface area contributed by atoms with E-state index in [1.165, 1.54) is 6.92 Å². The zero-order chi connectivity index (χ0) is 13.6. The van der Waals surface area contributed by atoms with Crippen molar-refractivity contribution in [2.24, 2.45) is 11.5 Å². The van der Waals surface area contributed by atoms with Crippen molar-refractivity contribution >= 4 is 10.4 Å². The van der Waals surface area contributed by atoms with Crippen molar-refractivity contribution < 1.29 is 27.4 Å². The van der Waals surface area contributed by atoms with Gasteiger partial charge in [-0.3, -0.25) is 8.74 Å². The second-order valence-corrected chi connectivity index (χ2v) is 4.73. The van der Waals surface area contributed by atoms with Crippen LogP contribution < -0.4 is 11.5 Å². The van der Waals surface area contributed by atoms with E-state index in [-0.39, 0.29) is 18.5 Å². The van der Waals surface area contributed by atoms with Crippen LogP contribution in [-0.2, 0) is 14.6 Å². The first kappa shape index (κ1) is 18.1. The van der Waals surface area contributed by atoms with Crippen LogP contribution in [0.1, 0.15) is 20.3 Å². The summed E-state index contributed by atoms with van der Waals surface area (Å²) in [6, 6.07) is -0.571. The molecule has 0 saturated heterocycles. The van der Waals surface area contributed by atoms with Crippen LogP contribution in [0, 0.1) is 0 Å². The van der Waals surface area contributed by atoms with E-state index in [0.717, 1.165) is 7.11 Å². The first-order valence-electron chi connectivity index (χ1n) is 4.38. The Morgan fingerprint density at radius 3 is 1.75 bits per heavy atom. The molecule has 0 aromatic carbocycles. The lowest BCUT2D eigenvalue weighted by Gasteiger charge is -2.22. The van der Waals surface area contributed by atoms with E-state index < -0.39 is 16.2 Å². The number of nitrogens with two attached hydrogens (primary N) is 2. The predicted molar refractivity (Wildman–Crippen MR) is 57.6 cm³/mol. The Hall–Kier alpha value is -0.290. The number of hydrogen-bond acceptors (Lipinski definition) is 7. The molecule has 9 heteroatoms. The Balaban J connectivity index is 0. The number of rotatable bonds is 4. The van der Waals surface area contributed by atoms with Crippen LogP contribution >= 0.6 is 0 Å². The SMILES string of the molecule is CC(N)C(N)CC(C)(O)O.COS(=O)(=O)O. The molecule has 7 N–H and O–H groups in total. The van der Waals surface area contributed by atoms with E-state index in [0.29, 0.717) is 0 Å². The Morgan fingerprint density at radius 1 is 1.38 bits per heavy atom. The molecule has 0 aromatic rings. The maximum Gasteiger partial charge on any atom is 0.397 e. The van der Waals surface area contributed by atoms with Crippen LogP contribution in [0.25, 0.3) is 0 Å². The largest absolute Gasteiger partial charge is 0.397 e. The summed E-state index contributed by atoms with van der Waals surface area (Å²) in [5, 5.41) is 17.7. The highest BCUT2D eigenvalue weighted by atomic mass is 32.3. The number of hydrogen-bond donors (Lipinski definition) is 5. The molecule has 2 unspecified atom stereocenters. The molecule has 0 heterocycles. The Labute approximate surface area is 95.2 Å². The summed E-state index contributed by atoms with van der Waals surface area (Å²) >= 11 is 0. The van der Waals surface area contributed by atoms with Gasteiger partial charge in [0, 0.05) is 18.5 Å². The van der Waals surface area contributed by atoms with E-state index in [1.807, 2.05) is 0 Å². The summed E-state index contributed by atoms with van der Waals surface area (Å²) in [6.07, 6.45) is 0.102. The van der Waals surface area contributed by atoms with Gasteiger partial charge in [0.1, 0.15) is 0 Å². The van der Waals surface area contributed by atoms with Gasteiger partial charge in [0.05, 0.1) is 7.11 Å². The molecule has 0 rings (SSSR count). The molecule has 0 spiro atoms. The van der Waals surface area contributed by atoms with Crippen molar-refractivity contribution in [3.63, 3.8) is 0 Å². The molecule has 0 bridgehead atoms. The molecule has 0 aromatic heterocycles. The van der Waals surface area contributed by atoms with E-state index in [9.17, 15) is 8.42 Å². The Kier molecular flexibility index (Phi) is 8.04. The predicted octanol–water partition coefficient (Wildman–Crippen LogP) is -1.81.